The molecule has 0 saturated heterocycles. The monoisotopic (exact) mass is 125 g/mol. The number of nitrogens with one attached hydrogen (secondary N) is 1. The molecular weight excluding hydrogens is 118 g/mol. The first kappa shape index (κ1) is 5.81. The van der Waals surface area contributed by atoms with Gasteiger partial charge in [0.05, 0.1) is 0 Å². The number of amides is 1. The molecule has 1 aliphatic rings. The molecule has 4 heteroatoms. The van der Waals surface area contributed by atoms with Gasteiger partial charge in [0.1, 0.15) is 6.67 Å². The van der Waals surface area contributed by atoms with E-state index in [-0.39, 0.29) is 0 Å². The van der Waals surface area contributed by atoms with E-state index in [4.69, 9.17) is 0 Å². The van der Waals surface area contributed by atoms with Gasteiger partial charge in [-0.05, 0) is 6.08 Å². The van der Waals surface area contributed by atoms with Crippen LogP contribution in [-0.2, 0) is 4.79 Å². The SMILES string of the molecule is O=CNN1C=CC=NC1. The van der Waals surface area contributed by atoms with E-state index < -0.39 is 0 Å². The van der Waals surface area contributed by atoms with E-state index in [9.17, 15) is 4.79 Å². The summed E-state index contributed by atoms with van der Waals surface area (Å²) in [6.45, 7) is 0.495. The molecule has 0 bridgehead atoms. The van der Waals surface area contributed by atoms with E-state index in [0.29, 0.717) is 13.1 Å². The Hall–Kier alpha value is -1.32. The summed E-state index contributed by atoms with van der Waals surface area (Å²) in [4.78, 5) is 13.7. The van der Waals surface area contributed by atoms with Crippen LogP contribution in [-0.4, -0.2) is 24.3 Å². The molecule has 0 aromatic heterocycles. The number of hydrazine groups is 1. The van der Waals surface area contributed by atoms with Crippen LogP contribution in [0.25, 0.3) is 0 Å². The molecule has 0 spiro atoms. The average molecular weight is 125 g/mol. The maximum absolute atomic E-state index is 9.83. The van der Waals surface area contributed by atoms with Crippen molar-refractivity contribution in [2.45, 2.75) is 0 Å². The zero-order valence-electron chi connectivity index (χ0n) is 4.82. The van der Waals surface area contributed by atoms with E-state index in [0.717, 1.165) is 0 Å². The van der Waals surface area contributed by atoms with E-state index in [1.807, 2.05) is 0 Å². The molecule has 1 amide bonds. The van der Waals surface area contributed by atoms with Gasteiger partial charge in [-0.15, -0.1) is 0 Å². The van der Waals surface area contributed by atoms with Crippen LogP contribution >= 0.6 is 0 Å². The van der Waals surface area contributed by atoms with Gasteiger partial charge < -0.3 is 0 Å². The molecule has 1 heterocycles. The summed E-state index contributed by atoms with van der Waals surface area (Å²) in [7, 11) is 0. The van der Waals surface area contributed by atoms with Crippen molar-refractivity contribution in [2.75, 3.05) is 6.67 Å². The Balaban J connectivity index is 2.36. The number of allylic oxidation sites excluding steroid dienone is 1. The Labute approximate surface area is 52.8 Å². The summed E-state index contributed by atoms with van der Waals surface area (Å²) in [5.41, 5.74) is 2.44. The van der Waals surface area contributed by atoms with Crippen molar-refractivity contribution in [3.8, 4) is 0 Å². The van der Waals surface area contributed by atoms with Gasteiger partial charge >= 0.3 is 0 Å². The van der Waals surface area contributed by atoms with Crippen LogP contribution in [0, 0.1) is 0 Å². The van der Waals surface area contributed by atoms with Crippen LogP contribution in [0.2, 0.25) is 0 Å². The van der Waals surface area contributed by atoms with E-state index >= 15 is 0 Å². The number of nitrogens with zero attached hydrogens (tertiary/aromatic N) is 2. The number of hydrogen-bond donors (Lipinski definition) is 1. The standard InChI is InChI=1S/C5H7N3O/c9-5-7-8-3-1-2-6-4-8/h1-3,5H,4H2,(H,7,9). The maximum atomic E-state index is 9.83. The second-order valence-corrected chi connectivity index (χ2v) is 1.53. The Morgan fingerprint density at radius 1 is 1.78 bits per heavy atom. The largest absolute Gasteiger partial charge is 0.277 e. The Morgan fingerprint density at radius 2 is 2.67 bits per heavy atom. The highest BCUT2D eigenvalue weighted by molar-refractivity contribution is 5.71. The summed E-state index contributed by atoms with van der Waals surface area (Å²) in [5, 5.41) is 1.58. The van der Waals surface area contributed by atoms with Crippen LogP contribution in [0.1, 0.15) is 0 Å². The Kier molecular flexibility index (Phi) is 1.85. The lowest BCUT2D eigenvalue weighted by Gasteiger charge is -2.16. The molecule has 1 aliphatic heterocycles. The first-order valence-electron chi connectivity index (χ1n) is 2.56. The van der Waals surface area contributed by atoms with Crippen LogP contribution in [0.15, 0.2) is 17.3 Å². The quantitative estimate of drug-likeness (QED) is 0.506. The second-order valence-electron chi connectivity index (χ2n) is 1.53. The molecule has 0 unspecified atom stereocenters. The highest BCUT2D eigenvalue weighted by Crippen LogP contribution is 1.87. The van der Waals surface area contributed by atoms with Gasteiger partial charge in [0.25, 0.3) is 0 Å². The lowest BCUT2D eigenvalue weighted by Crippen LogP contribution is -2.33. The highest BCUT2D eigenvalue weighted by Gasteiger charge is 1.94. The summed E-state index contributed by atoms with van der Waals surface area (Å²) >= 11 is 0. The molecule has 0 radical (unpaired) electrons. The fraction of sp³-hybridized carbons (Fsp3) is 0.200. The molecule has 1 rings (SSSR count). The molecule has 0 saturated carbocycles. The van der Waals surface area contributed by atoms with Crippen molar-refractivity contribution in [3.63, 3.8) is 0 Å². The second kappa shape index (κ2) is 2.86. The van der Waals surface area contributed by atoms with Crippen molar-refractivity contribution in [1.29, 1.82) is 0 Å². The molecular formula is C5H7N3O. The number of hydrogen-bond acceptors (Lipinski definition) is 3. The van der Waals surface area contributed by atoms with Crippen molar-refractivity contribution >= 4 is 12.6 Å². The van der Waals surface area contributed by atoms with Crippen molar-refractivity contribution < 1.29 is 4.79 Å². The van der Waals surface area contributed by atoms with Gasteiger partial charge in [-0.1, -0.05) is 0 Å². The molecule has 0 aromatic rings. The molecule has 4 nitrogen and oxygen atoms in total. The average Bonchev–Trinajstić information content (AvgIpc) is 1.91. The minimum absolute atomic E-state index is 0.495. The molecule has 0 atom stereocenters. The number of aliphatic imine (C=N–C) groups is 1. The third-order valence-electron chi connectivity index (χ3n) is 0.910. The zero-order valence-corrected chi connectivity index (χ0v) is 4.82. The predicted octanol–water partition coefficient (Wildman–Crippen LogP) is -0.495. The van der Waals surface area contributed by atoms with Gasteiger partial charge in [-0.25, -0.2) is 0 Å². The van der Waals surface area contributed by atoms with E-state index in [1.54, 1.807) is 23.5 Å². The topological polar surface area (TPSA) is 44.7 Å². The third-order valence-corrected chi connectivity index (χ3v) is 0.910. The summed E-state index contributed by atoms with van der Waals surface area (Å²) in [5.74, 6) is 0. The summed E-state index contributed by atoms with van der Waals surface area (Å²) in [6.07, 6.45) is 5.79. The summed E-state index contributed by atoms with van der Waals surface area (Å²) in [6, 6.07) is 0. The minimum Gasteiger partial charge on any atom is -0.277 e. The normalized spacial score (nSPS) is 15.8. The van der Waals surface area contributed by atoms with Gasteiger partial charge in [-0.3, -0.25) is 20.2 Å². The smallest absolute Gasteiger partial charge is 0.225 e. The highest BCUT2D eigenvalue weighted by atomic mass is 16.1. The van der Waals surface area contributed by atoms with Crippen LogP contribution in [0.5, 0.6) is 0 Å². The van der Waals surface area contributed by atoms with Crippen LogP contribution in [0.3, 0.4) is 0 Å². The van der Waals surface area contributed by atoms with E-state index in [1.165, 1.54) is 0 Å². The molecule has 0 aliphatic carbocycles. The van der Waals surface area contributed by atoms with Gasteiger partial charge in [0, 0.05) is 12.4 Å². The fourth-order valence-electron chi connectivity index (χ4n) is 0.537. The molecule has 0 aromatic carbocycles. The zero-order chi connectivity index (χ0) is 6.53. The number of rotatable bonds is 2. The number of carbonyl (C=O) groups is 1. The first-order chi connectivity index (χ1) is 4.43. The third kappa shape index (κ3) is 1.56. The van der Waals surface area contributed by atoms with Gasteiger partial charge in [-0.2, -0.15) is 0 Å². The molecule has 48 valence electrons. The Morgan fingerprint density at radius 3 is 3.22 bits per heavy atom. The van der Waals surface area contributed by atoms with Gasteiger partial charge in [0.15, 0.2) is 0 Å². The number of carbonyl (C=O) groups excluding carboxylic acids is 1. The lowest BCUT2D eigenvalue weighted by atomic mass is 10.6. The van der Waals surface area contributed by atoms with Gasteiger partial charge in [0.2, 0.25) is 6.41 Å². The maximum Gasteiger partial charge on any atom is 0.225 e. The van der Waals surface area contributed by atoms with Crippen molar-refractivity contribution in [2.24, 2.45) is 4.99 Å². The predicted molar refractivity (Wildman–Crippen MR) is 33.5 cm³/mol. The minimum atomic E-state index is 0.495. The first-order valence-corrected chi connectivity index (χ1v) is 2.56. The summed E-state index contributed by atoms with van der Waals surface area (Å²) < 4.78 is 0. The Bertz CT molecular complexity index is 150. The lowest BCUT2D eigenvalue weighted by molar-refractivity contribution is -0.112. The van der Waals surface area contributed by atoms with Crippen molar-refractivity contribution in [1.82, 2.24) is 10.4 Å². The molecule has 0 fully saturated rings. The fourth-order valence-corrected chi connectivity index (χ4v) is 0.537. The van der Waals surface area contributed by atoms with E-state index in [2.05, 4.69) is 10.4 Å². The van der Waals surface area contributed by atoms with Crippen LogP contribution < -0.4 is 5.43 Å². The molecule has 9 heavy (non-hydrogen) atoms. The van der Waals surface area contributed by atoms with Crippen LogP contribution in [0.4, 0.5) is 0 Å². The molecule has 1 N–H and O–H groups in total. The van der Waals surface area contributed by atoms with Crippen molar-refractivity contribution in [3.05, 3.63) is 12.3 Å².